The Morgan fingerprint density at radius 3 is 2.43 bits per heavy atom. The summed E-state index contributed by atoms with van der Waals surface area (Å²) in [5.74, 6) is 0.556. The number of ether oxygens (including phenoxy) is 2. The van der Waals surface area contributed by atoms with Gasteiger partial charge in [0.2, 0.25) is 0 Å². The highest BCUT2D eigenvalue weighted by atomic mass is 32.1. The summed E-state index contributed by atoms with van der Waals surface area (Å²) in [6.45, 7) is 0. The lowest BCUT2D eigenvalue weighted by atomic mass is 10.1. The summed E-state index contributed by atoms with van der Waals surface area (Å²) < 4.78 is 25.9. The number of carbonyl (C=O) groups excluding carboxylic acids is 1. The number of nitrogens with zero attached hydrogens (tertiary/aromatic N) is 1. The van der Waals surface area contributed by atoms with Gasteiger partial charge in [0.25, 0.3) is 5.91 Å². The molecule has 0 spiro atoms. The summed E-state index contributed by atoms with van der Waals surface area (Å²) in [5.41, 5.74) is 2.92. The van der Waals surface area contributed by atoms with E-state index in [1.165, 1.54) is 23.5 Å². The monoisotopic (exact) mass is 422 g/mol. The Morgan fingerprint density at radius 2 is 1.77 bits per heavy atom. The second-order valence-corrected chi connectivity index (χ2v) is 7.32. The summed E-state index contributed by atoms with van der Waals surface area (Å²) in [7, 11) is 3.10. The number of benzene rings is 2. The molecule has 1 N–H and O–H groups in total. The lowest BCUT2D eigenvalue weighted by Crippen LogP contribution is -2.13. The topological polar surface area (TPSA) is 52.5 Å². The van der Waals surface area contributed by atoms with Gasteiger partial charge in [-0.1, -0.05) is 12.1 Å². The van der Waals surface area contributed by atoms with Crippen molar-refractivity contribution in [3.05, 3.63) is 83.1 Å². The molecule has 2 heterocycles. The van der Waals surface area contributed by atoms with Crippen molar-refractivity contribution in [1.29, 1.82) is 0 Å². The minimum absolute atomic E-state index is 0.274. The molecule has 0 radical (unpaired) electrons. The predicted molar refractivity (Wildman–Crippen MR) is 117 cm³/mol. The van der Waals surface area contributed by atoms with Crippen LogP contribution in [0.5, 0.6) is 11.5 Å². The van der Waals surface area contributed by atoms with Crippen molar-refractivity contribution in [2.24, 2.45) is 0 Å². The Hall–Kier alpha value is -3.58. The first-order valence-electron chi connectivity index (χ1n) is 9.15. The van der Waals surface area contributed by atoms with Crippen LogP contribution >= 0.6 is 11.3 Å². The van der Waals surface area contributed by atoms with Crippen molar-refractivity contribution in [2.75, 3.05) is 19.5 Å². The summed E-state index contributed by atoms with van der Waals surface area (Å²) in [6.07, 6.45) is 3.75. The summed E-state index contributed by atoms with van der Waals surface area (Å²) in [5, 5.41) is 4.82. The smallest absolute Gasteiger partial charge is 0.268 e. The zero-order valence-electron chi connectivity index (χ0n) is 16.4. The molecule has 5 nitrogen and oxygen atoms in total. The highest BCUT2D eigenvalue weighted by molar-refractivity contribution is 7.13. The number of carbonyl (C=O) groups is 1. The van der Waals surface area contributed by atoms with Crippen molar-refractivity contribution in [3.63, 3.8) is 0 Å². The van der Waals surface area contributed by atoms with Crippen molar-refractivity contribution >= 4 is 22.9 Å². The molecular weight excluding hydrogens is 403 g/mol. The third-order valence-corrected chi connectivity index (χ3v) is 5.61. The number of hydrogen-bond donors (Lipinski definition) is 1. The molecule has 0 bridgehead atoms. The minimum Gasteiger partial charge on any atom is -0.497 e. The van der Waals surface area contributed by atoms with Crippen LogP contribution in [0.4, 0.5) is 10.1 Å². The van der Waals surface area contributed by atoms with Crippen molar-refractivity contribution in [1.82, 2.24) is 4.57 Å². The van der Waals surface area contributed by atoms with E-state index in [1.807, 2.05) is 34.5 Å². The molecule has 0 saturated carbocycles. The third kappa shape index (κ3) is 3.79. The number of methoxy groups -OCH3 is 2. The van der Waals surface area contributed by atoms with E-state index in [1.54, 1.807) is 44.6 Å². The fraction of sp³-hybridized carbons (Fsp3) is 0.0870. The Labute approximate surface area is 177 Å². The van der Waals surface area contributed by atoms with Crippen molar-refractivity contribution < 1.29 is 18.7 Å². The maximum absolute atomic E-state index is 13.4. The van der Waals surface area contributed by atoms with Gasteiger partial charge in [0.1, 0.15) is 22.2 Å². The first kappa shape index (κ1) is 19.7. The Bertz CT molecular complexity index is 1170. The number of halogens is 1. The number of anilines is 1. The van der Waals surface area contributed by atoms with Crippen LogP contribution in [0, 0.1) is 5.82 Å². The van der Waals surface area contributed by atoms with Gasteiger partial charge in [-0.25, -0.2) is 4.39 Å². The summed E-state index contributed by atoms with van der Waals surface area (Å²) in [6, 6.07) is 15.2. The summed E-state index contributed by atoms with van der Waals surface area (Å²) >= 11 is 1.33. The van der Waals surface area contributed by atoms with Crippen LogP contribution in [-0.2, 0) is 0 Å². The fourth-order valence-electron chi connectivity index (χ4n) is 3.18. The largest absolute Gasteiger partial charge is 0.497 e. The molecule has 0 atom stereocenters. The molecule has 7 heteroatoms. The molecule has 0 unspecified atom stereocenters. The third-order valence-electron chi connectivity index (χ3n) is 4.64. The van der Waals surface area contributed by atoms with Gasteiger partial charge >= 0.3 is 0 Å². The van der Waals surface area contributed by atoms with Crippen LogP contribution in [0.15, 0.2) is 72.4 Å². The normalized spacial score (nSPS) is 10.6. The molecule has 30 heavy (non-hydrogen) atoms. The number of amides is 1. The van der Waals surface area contributed by atoms with Gasteiger partial charge in [0.05, 0.1) is 25.6 Å². The van der Waals surface area contributed by atoms with Gasteiger partial charge in [-0.15, -0.1) is 11.3 Å². The lowest BCUT2D eigenvalue weighted by Gasteiger charge is -2.13. The second-order valence-electron chi connectivity index (χ2n) is 6.44. The Balaban J connectivity index is 1.76. The van der Waals surface area contributed by atoms with E-state index >= 15 is 0 Å². The lowest BCUT2D eigenvalue weighted by molar-refractivity contribution is 0.103. The van der Waals surface area contributed by atoms with Crippen molar-refractivity contribution in [3.8, 4) is 28.3 Å². The molecule has 0 aliphatic heterocycles. The maximum atomic E-state index is 13.4. The number of rotatable bonds is 6. The number of aromatic nitrogens is 1. The number of thiophene rings is 1. The van der Waals surface area contributed by atoms with E-state index in [9.17, 15) is 9.18 Å². The molecule has 152 valence electrons. The van der Waals surface area contributed by atoms with E-state index in [0.29, 0.717) is 22.1 Å². The minimum atomic E-state index is -0.306. The van der Waals surface area contributed by atoms with Gasteiger partial charge in [0.15, 0.2) is 0 Å². The molecule has 2 aromatic heterocycles. The first-order chi connectivity index (χ1) is 14.6. The van der Waals surface area contributed by atoms with Crippen LogP contribution in [0.1, 0.15) is 9.67 Å². The zero-order valence-corrected chi connectivity index (χ0v) is 17.2. The molecule has 0 aliphatic rings. The van der Waals surface area contributed by atoms with Gasteiger partial charge < -0.3 is 19.4 Å². The Morgan fingerprint density at radius 1 is 1.03 bits per heavy atom. The highest BCUT2D eigenvalue weighted by Gasteiger charge is 2.21. The average molecular weight is 422 g/mol. The van der Waals surface area contributed by atoms with Crippen LogP contribution in [-0.4, -0.2) is 24.7 Å². The van der Waals surface area contributed by atoms with Crippen LogP contribution < -0.4 is 14.8 Å². The molecule has 4 aromatic rings. The highest BCUT2D eigenvalue weighted by Crippen LogP contribution is 2.36. The number of hydrogen-bond acceptors (Lipinski definition) is 4. The standard InChI is InChI=1S/C23H19FN2O3S/c1-28-17-9-10-20(29-2)19(13-17)25-23(27)22-21(26-11-3-4-12-26)18(14-30-22)15-5-7-16(24)8-6-15/h3-14H,1-2H3,(H,25,27). The predicted octanol–water partition coefficient (Wildman–Crippen LogP) is 5.61. The second kappa shape index (κ2) is 8.42. The van der Waals surface area contributed by atoms with Gasteiger partial charge in [-0.3, -0.25) is 4.79 Å². The number of nitrogens with one attached hydrogen (secondary N) is 1. The van der Waals surface area contributed by atoms with Crippen molar-refractivity contribution in [2.45, 2.75) is 0 Å². The van der Waals surface area contributed by atoms with E-state index in [2.05, 4.69) is 5.32 Å². The SMILES string of the molecule is COc1ccc(OC)c(NC(=O)c2scc(-c3ccc(F)cc3)c2-n2cccc2)c1. The molecule has 2 aromatic carbocycles. The molecule has 1 amide bonds. The van der Waals surface area contributed by atoms with E-state index in [-0.39, 0.29) is 11.7 Å². The summed E-state index contributed by atoms with van der Waals surface area (Å²) in [4.78, 5) is 13.7. The van der Waals surface area contributed by atoms with Crippen LogP contribution in [0.3, 0.4) is 0 Å². The molecule has 0 saturated heterocycles. The maximum Gasteiger partial charge on any atom is 0.268 e. The van der Waals surface area contributed by atoms with Gasteiger partial charge in [0, 0.05) is 29.4 Å². The van der Waals surface area contributed by atoms with E-state index in [0.717, 1.165) is 16.8 Å². The van der Waals surface area contributed by atoms with E-state index < -0.39 is 0 Å². The molecular formula is C23H19FN2O3S. The molecule has 0 fully saturated rings. The quantitative estimate of drug-likeness (QED) is 0.439. The molecule has 0 aliphatic carbocycles. The molecule has 4 rings (SSSR count). The Kier molecular flexibility index (Phi) is 5.54. The van der Waals surface area contributed by atoms with Gasteiger partial charge in [-0.05, 0) is 42.0 Å². The fourth-order valence-corrected chi connectivity index (χ4v) is 4.15. The van der Waals surface area contributed by atoms with Gasteiger partial charge in [-0.2, -0.15) is 0 Å². The zero-order chi connectivity index (χ0) is 21.1. The van der Waals surface area contributed by atoms with Crippen LogP contribution in [0.2, 0.25) is 0 Å². The average Bonchev–Trinajstić information content (AvgIpc) is 3.44. The first-order valence-corrected chi connectivity index (χ1v) is 10.0. The van der Waals surface area contributed by atoms with Crippen LogP contribution in [0.25, 0.3) is 16.8 Å². The van der Waals surface area contributed by atoms with E-state index in [4.69, 9.17) is 9.47 Å².